The van der Waals surface area contributed by atoms with Crippen LogP contribution in [0.25, 0.3) is 10.2 Å². The Balaban J connectivity index is 1.80. The Hall–Kier alpha value is -2.71. The molecule has 27 heavy (non-hydrogen) atoms. The third kappa shape index (κ3) is 3.86. The molecule has 3 aromatic rings. The zero-order chi connectivity index (χ0) is 19.6. The van der Waals surface area contributed by atoms with Gasteiger partial charge >= 0.3 is 0 Å². The monoisotopic (exact) mass is 401 g/mol. The van der Waals surface area contributed by atoms with E-state index in [0.717, 1.165) is 21.3 Å². The van der Waals surface area contributed by atoms with Crippen LogP contribution in [0, 0.1) is 13.8 Å². The standard InChI is InChI=1S/C19H19N3O3S2/c1-10-8-9-11(2)16-15(10)20-19(27-16)22-18(26)21-17(23)14-12(24-3)6-5-7-13(14)25-4/h5-9H,1-4H3,(H2,20,21,22,23,26). The quantitative estimate of drug-likeness (QED) is 0.643. The van der Waals surface area contributed by atoms with Gasteiger partial charge in [-0.3, -0.25) is 10.1 Å². The number of anilines is 1. The van der Waals surface area contributed by atoms with E-state index in [1.165, 1.54) is 25.6 Å². The van der Waals surface area contributed by atoms with Crippen LogP contribution in [0.15, 0.2) is 30.3 Å². The average Bonchev–Trinajstić information content (AvgIpc) is 3.08. The van der Waals surface area contributed by atoms with Gasteiger partial charge in [0, 0.05) is 0 Å². The molecule has 0 unspecified atom stereocenters. The Bertz CT molecular complexity index is 969. The number of thiocarbonyl (C=S) groups is 1. The highest BCUT2D eigenvalue weighted by Crippen LogP contribution is 2.31. The Morgan fingerprint density at radius 3 is 2.30 bits per heavy atom. The number of thiazole rings is 1. The number of fused-ring (bicyclic) bond motifs is 1. The number of nitrogens with one attached hydrogen (secondary N) is 2. The van der Waals surface area contributed by atoms with Gasteiger partial charge in [0.1, 0.15) is 17.1 Å². The Morgan fingerprint density at radius 2 is 1.70 bits per heavy atom. The van der Waals surface area contributed by atoms with Crippen LogP contribution in [0.4, 0.5) is 5.13 Å². The van der Waals surface area contributed by atoms with Gasteiger partial charge in [0.2, 0.25) is 0 Å². The van der Waals surface area contributed by atoms with Crippen LogP contribution in [0.3, 0.4) is 0 Å². The Morgan fingerprint density at radius 1 is 1.07 bits per heavy atom. The van der Waals surface area contributed by atoms with E-state index < -0.39 is 5.91 Å². The van der Waals surface area contributed by atoms with Crippen LogP contribution >= 0.6 is 23.6 Å². The second-order valence-electron chi connectivity index (χ2n) is 5.84. The van der Waals surface area contributed by atoms with Crippen LogP contribution in [-0.4, -0.2) is 30.2 Å². The first-order valence-electron chi connectivity index (χ1n) is 8.14. The molecule has 1 aromatic heterocycles. The van der Waals surface area contributed by atoms with E-state index in [1.54, 1.807) is 18.2 Å². The predicted octanol–water partition coefficient (Wildman–Crippen LogP) is 4.06. The lowest BCUT2D eigenvalue weighted by Gasteiger charge is -2.13. The van der Waals surface area contributed by atoms with Gasteiger partial charge in [-0.2, -0.15) is 0 Å². The van der Waals surface area contributed by atoms with Gasteiger partial charge in [0.25, 0.3) is 5.91 Å². The molecule has 6 nitrogen and oxygen atoms in total. The third-order valence-corrected chi connectivity index (χ3v) is 5.35. The lowest BCUT2D eigenvalue weighted by Crippen LogP contribution is -2.34. The Kier molecular flexibility index (Phi) is 5.57. The molecular formula is C19H19N3O3S2. The first-order valence-corrected chi connectivity index (χ1v) is 9.37. The van der Waals surface area contributed by atoms with Gasteiger partial charge in [-0.15, -0.1) is 0 Å². The fourth-order valence-electron chi connectivity index (χ4n) is 2.68. The molecule has 1 amide bonds. The summed E-state index contributed by atoms with van der Waals surface area (Å²) < 4.78 is 11.6. The lowest BCUT2D eigenvalue weighted by atomic mass is 10.1. The number of carbonyl (C=O) groups excluding carboxylic acids is 1. The molecule has 0 bridgehead atoms. The second kappa shape index (κ2) is 7.89. The lowest BCUT2D eigenvalue weighted by molar-refractivity contribution is 0.0971. The number of rotatable bonds is 4. The molecule has 0 saturated carbocycles. The summed E-state index contributed by atoms with van der Waals surface area (Å²) in [7, 11) is 2.99. The number of carbonyl (C=O) groups is 1. The van der Waals surface area contributed by atoms with Crippen molar-refractivity contribution in [2.24, 2.45) is 0 Å². The molecule has 1 heterocycles. The van der Waals surface area contributed by atoms with Crippen molar-refractivity contribution in [3.63, 3.8) is 0 Å². The number of hydrogen-bond donors (Lipinski definition) is 2. The number of aryl methyl sites for hydroxylation is 2. The van der Waals surface area contributed by atoms with E-state index in [0.29, 0.717) is 16.6 Å². The molecule has 0 atom stereocenters. The van der Waals surface area contributed by atoms with Crippen molar-refractivity contribution in [1.29, 1.82) is 0 Å². The van der Waals surface area contributed by atoms with Crippen molar-refractivity contribution in [2.75, 3.05) is 19.5 Å². The summed E-state index contributed by atoms with van der Waals surface area (Å²) in [5, 5.41) is 6.42. The van der Waals surface area contributed by atoms with Crippen LogP contribution < -0.4 is 20.1 Å². The molecule has 0 aliphatic rings. The number of ether oxygens (including phenoxy) is 2. The molecule has 0 spiro atoms. The summed E-state index contributed by atoms with van der Waals surface area (Å²) in [6.45, 7) is 4.05. The predicted molar refractivity (Wildman–Crippen MR) is 112 cm³/mol. The van der Waals surface area contributed by atoms with E-state index in [1.807, 2.05) is 19.9 Å². The van der Waals surface area contributed by atoms with Crippen molar-refractivity contribution < 1.29 is 14.3 Å². The highest BCUT2D eigenvalue weighted by atomic mass is 32.1. The molecule has 0 aliphatic carbocycles. The second-order valence-corrected chi connectivity index (χ2v) is 7.25. The van der Waals surface area contributed by atoms with E-state index in [2.05, 4.69) is 21.7 Å². The van der Waals surface area contributed by atoms with E-state index >= 15 is 0 Å². The molecule has 0 aliphatic heterocycles. The maximum Gasteiger partial charge on any atom is 0.264 e. The zero-order valence-electron chi connectivity index (χ0n) is 15.4. The number of nitrogens with zero attached hydrogens (tertiary/aromatic N) is 1. The average molecular weight is 402 g/mol. The van der Waals surface area contributed by atoms with Crippen LogP contribution in [0.5, 0.6) is 11.5 Å². The maximum atomic E-state index is 12.7. The largest absolute Gasteiger partial charge is 0.496 e. The minimum Gasteiger partial charge on any atom is -0.496 e. The van der Waals surface area contributed by atoms with Gasteiger partial charge in [0.15, 0.2) is 10.2 Å². The van der Waals surface area contributed by atoms with Crippen molar-refractivity contribution in [3.8, 4) is 11.5 Å². The molecule has 3 rings (SSSR count). The Labute approximate surface area is 166 Å². The van der Waals surface area contributed by atoms with Gasteiger partial charge in [-0.25, -0.2) is 4.98 Å². The third-order valence-electron chi connectivity index (χ3n) is 4.04. The van der Waals surface area contributed by atoms with Crippen molar-refractivity contribution in [1.82, 2.24) is 10.3 Å². The topological polar surface area (TPSA) is 72.5 Å². The SMILES string of the molecule is COc1cccc(OC)c1C(=O)NC(=S)Nc1nc2c(C)ccc(C)c2s1. The van der Waals surface area contributed by atoms with E-state index in [-0.39, 0.29) is 10.7 Å². The molecular weight excluding hydrogens is 382 g/mol. The number of amides is 1. The number of benzene rings is 2. The van der Waals surface area contributed by atoms with E-state index in [4.69, 9.17) is 21.7 Å². The molecule has 2 N–H and O–H groups in total. The zero-order valence-corrected chi connectivity index (χ0v) is 17.0. The molecule has 0 radical (unpaired) electrons. The summed E-state index contributed by atoms with van der Waals surface area (Å²) in [5.41, 5.74) is 3.45. The normalized spacial score (nSPS) is 10.5. The van der Waals surface area contributed by atoms with Gasteiger partial charge in [-0.05, 0) is 49.3 Å². The minimum absolute atomic E-state index is 0.155. The van der Waals surface area contributed by atoms with Crippen LogP contribution in [0.2, 0.25) is 0 Å². The molecule has 2 aromatic carbocycles. The minimum atomic E-state index is -0.421. The first kappa shape index (κ1) is 19.1. The number of methoxy groups -OCH3 is 2. The fourth-order valence-corrected chi connectivity index (χ4v) is 3.95. The summed E-state index contributed by atoms with van der Waals surface area (Å²) in [4.78, 5) is 17.2. The summed E-state index contributed by atoms with van der Waals surface area (Å²) in [6, 6.07) is 9.22. The summed E-state index contributed by atoms with van der Waals surface area (Å²) in [6.07, 6.45) is 0. The number of aromatic nitrogens is 1. The maximum absolute atomic E-state index is 12.7. The van der Waals surface area contributed by atoms with Crippen LogP contribution in [-0.2, 0) is 0 Å². The van der Waals surface area contributed by atoms with Gasteiger partial charge < -0.3 is 14.8 Å². The summed E-state index contributed by atoms with van der Waals surface area (Å²) >= 11 is 6.78. The van der Waals surface area contributed by atoms with Crippen molar-refractivity contribution in [3.05, 3.63) is 47.0 Å². The molecule has 8 heteroatoms. The van der Waals surface area contributed by atoms with Crippen molar-refractivity contribution >= 4 is 49.9 Å². The van der Waals surface area contributed by atoms with Crippen molar-refractivity contribution in [2.45, 2.75) is 13.8 Å². The highest BCUT2D eigenvalue weighted by molar-refractivity contribution is 7.80. The first-order chi connectivity index (χ1) is 12.9. The number of hydrogen-bond acceptors (Lipinski definition) is 6. The smallest absolute Gasteiger partial charge is 0.264 e. The van der Waals surface area contributed by atoms with Gasteiger partial charge in [0.05, 0.1) is 24.4 Å². The molecule has 140 valence electrons. The summed E-state index contributed by atoms with van der Waals surface area (Å²) in [5.74, 6) is 0.386. The fraction of sp³-hybridized carbons (Fsp3) is 0.211. The molecule has 0 saturated heterocycles. The van der Waals surface area contributed by atoms with Crippen LogP contribution in [0.1, 0.15) is 21.5 Å². The highest BCUT2D eigenvalue weighted by Gasteiger charge is 2.19. The van der Waals surface area contributed by atoms with Gasteiger partial charge in [-0.1, -0.05) is 29.5 Å². The van der Waals surface area contributed by atoms with E-state index in [9.17, 15) is 4.79 Å². The molecule has 0 fully saturated rings.